The molecule has 0 saturated heterocycles. The summed E-state index contributed by atoms with van der Waals surface area (Å²) in [4.78, 5) is 0. The number of phenols is 1. The van der Waals surface area contributed by atoms with Crippen LogP contribution in [0.1, 0.15) is 42.6 Å². The zero-order chi connectivity index (χ0) is 15.4. The lowest BCUT2D eigenvalue weighted by atomic mass is 10.0. The molecule has 2 rings (SSSR count). The van der Waals surface area contributed by atoms with Crippen molar-refractivity contribution >= 4 is 0 Å². The maximum Gasteiger partial charge on any atom is 0.124 e. The molecule has 2 atom stereocenters. The SMILES string of the molecule is COc1ccc(C(C)N[C@H](C)c2ccc(C)cc2)c(O)c1. The minimum Gasteiger partial charge on any atom is -0.507 e. The first kappa shape index (κ1) is 15.4. The quantitative estimate of drug-likeness (QED) is 0.868. The van der Waals surface area contributed by atoms with E-state index in [1.165, 1.54) is 11.1 Å². The number of rotatable bonds is 5. The average Bonchev–Trinajstić information content (AvgIpc) is 2.47. The van der Waals surface area contributed by atoms with E-state index in [4.69, 9.17) is 4.74 Å². The number of ether oxygens (including phenoxy) is 1. The molecule has 3 heteroatoms. The molecule has 3 nitrogen and oxygen atoms in total. The van der Waals surface area contributed by atoms with E-state index >= 15 is 0 Å². The first-order chi connectivity index (χ1) is 10.0. The predicted molar refractivity (Wildman–Crippen MR) is 85.8 cm³/mol. The third kappa shape index (κ3) is 3.76. The van der Waals surface area contributed by atoms with Gasteiger partial charge in [-0.25, -0.2) is 0 Å². The third-order valence-electron chi connectivity index (χ3n) is 3.78. The van der Waals surface area contributed by atoms with E-state index < -0.39 is 0 Å². The van der Waals surface area contributed by atoms with Gasteiger partial charge in [-0.1, -0.05) is 35.9 Å². The molecule has 112 valence electrons. The number of hydrogen-bond donors (Lipinski definition) is 2. The van der Waals surface area contributed by atoms with Gasteiger partial charge in [0.2, 0.25) is 0 Å². The molecular formula is C18H23NO2. The lowest BCUT2D eigenvalue weighted by molar-refractivity contribution is 0.402. The summed E-state index contributed by atoms with van der Waals surface area (Å²) in [6, 6.07) is 14.2. The fourth-order valence-electron chi connectivity index (χ4n) is 2.43. The van der Waals surface area contributed by atoms with Crippen LogP contribution in [0.3, 0.4) is 0 Å². The summed E-state index contributed by atoms with van der Waals surface area (Å²) < 4.78 is 5.11. The van der Waals surface area contributed by atoms with Gasteiger partial charge in [0.15, 0.2) is 0 Å². The van der Waals surface area contributed by atoms with Gasteiger partial charge < -0.3 is 15.2 Å². The highest BCUT2D eigenvalue weighted by molar-refractivity contribution is 5.41. The second kappa shape index (κ2) is 6.64. The Morgan fingerprint density at radius 2 is 1.67 bits per heavy atom. The molecule has 0 radical (unpaired) electrons. The number of aromatic hydroxyl groups is 1. The first-order valence-corrected chi connectivity index (χ1v) is 7.20. The fraction of sp³-hybridized carbons (Fsp3) is 0.333. The Balaban J connectivity index is 2.10. The van der Waals surface area contributed by atoms with Crippen LogP contribution in [0.4, 0.5) is 0 Å². The minimum absolute atomic E-state index is 0.0483. The molecule has 0 fully saturated rings. The van der Waals surface area contributed by atoms with Gasteiger partial charge in [0, 0.05) is 23.7 Å². The van der Waals surface area contributed by atoms with E-state index in [0.29, 0.717) is 5.75 Å². The van der Waals surface area contributed by atoms with Gasteiger partial charge in [-0.3, -0.25) is 0 Å². The Morgan fingerprint density at radius 3 is 2.24 bits per heavy atom. The molecule has 0 saturated carbocycles. The summed E-state index contributed by atoms with van der Waals surface area (Å²) in [5.74, 6) is 0.917. The van der Waals surface area contributed by atoms with Crippen molar-refractivity contribution in [1.82, 2.24) is 5.32 Å². The molecule has 0 aliphatic heterocycles. The summed E-state index contributed by atoms with van der Waals surface area (Å²) >= 11 is 0. The van der Waals surface area contributed by atoms with Crippen molar-refractivity contribution in [1.29, 1.82) is 0 Å². The van der Waals surface area contributed by atoms with Crippen LogP contribution in [-0.4, -0.2) is 12.2 Å². The van der Waals surface area contributed by atoms with Crippen molar-refractivity contribution in [2.24, 2.45) is 0 Å². The first-order valence-electron chi connectivity index (χ1n) is 7.20. The van der Waals surface area contributed by atoms with Crippen LogP contribution in [0.5, 0.6) is 11.5 Å². The Kier molecular flexibility index (Phi) is 4.86. The molecule has 0 aliphatic rings. The molecule has 2 aromatic carbocycles. The van der Waals surface area contributed by atoms with Crippen LogP contribution in [0.15, 0.2) is 42.5 Å². The van der Waals surface area contributed by atoms with E-state index in [2.05, 4.69) is 43.4 Å². The maximum absolute atomic E-state index is 10.1. The van der Waals surface area contributed by atoms with E-state index in [9.17, 15) is 5.11 Å². The van der Waals surface area contributed by atoms with Crippen molar-refractivity contribution in [3.8, 4) is 11.5 Å². The monoisotopic (exact) mass is 285 g/mol. The highest BCUT2D eigenvalue weighted by Crippen LogP contribution is 2.29. The zero-order valence-corrected chi connectivity index (χ0v) is 13.1. The van der Waals surface area contributed by atoms with Gasteiger partial charge in [0.05, 0.1) is 7.11 Å². The molecule has 0 bridgehead atoms. The molecule has 1 unspecified atom stereocenters. The van der Waals surface area contributed by atoms with Crippen LogP contribution in [0.25, 0.3) is 0 Å². The minimum atomic E-state index is 0.0483. The van der Waals surface area contributed by atoms with Crippen LogP contribution >= 0.6 is 0 Å². The molecule has 2 N–H and O–H groups in total. The van der Waals surface area contributed by atoms with Crippen LogP contribution in [-0.2, 0) is 0 Å². The molecule has 0 aliphatic carbocycles. The second-order valence-electron chi connectivity index (χ2n) is 5.45. The average molecular weight is 285 g/mol. The van der Waals surface area contributed by atoms with Gasteiger partial charge in [0.25, 0.3) is 0 Å². The fourth-order valence-corrected chi connectivity index (χ4v) is 2.43. The number of methoxy groups -OCH3 is 1. The number of hydrogen-bond acceptors (Lipinski definition) is 3. The predicted octanol–water partition coefficient (Wildman–Crippen LogP) is 4.12. The Labute approximate surface area is 126 Å². The van der Waals surface area contributed by atoms with Gasteiger partial charge in [0.1, 0.15) is 11.5 Å². The van der Waals surface area contributed by atoms with Crippen molar-refractivity contribution < 1.29 is 9.84 Å². The summed E-state index contributed by atoms with van der Waals surface area (Å²) in [5.41, 5.74) is 3.36. The van der Waals surface area contributed by atoms with Crippen molar-refractivity contribution in [3.05, 3.63) is 59.2 Å². The number of aryl methyl sites for hydroxylation is 1. The molecule has 0 aromatic heterocycles. The highest BCUT2D eigenvalue weighted by Gasteiger charge is 2.14. The normalized spacial score (nSPS) is 13.7. The number of nitrogens with one attached hydrogen (secondary N) is 1. The highest BCUT2D eigenvalue weighted by atomic mass is 16.5. The number of phenolic OH excluding ortho intramolecular Hbond substituents is 1. The van der Waals surface area contributed by atoms with E-state index in [0.717, 1.165) is 5.56 Å². The van der Waals surface area contributed by atoms with Crippen LogP contribution in [0, 0.1) is 6.92 Å². The van der Waals surface area contributed by atoms with E-state index in [1.54, 1.807) is 13.2 Å². The molecule has 2 aromatic rings. The molecule has 0 spiro atoms. The van der Waals surface area contributed by atoms with Crippen molar-refractivity contribution in [2.75, 3.05) is 7.11 Å². The third-order valence-corrected chi connectivity index (χ3v) is 3.78. The van der Waals surface area contributed by atoms with Gasteiger partial charge >= 0.3 is 0 Å². The summed E-state index contributed by atoms with van der Waals surface area (Å²) in [6.07, 6.45) is 0. The summed E-state index contributed by atoms with van der Waals surface area (Å²) in [7, 11) is 1.59. The summed E-state index contributed by atoms with van der Waals surface area (Å²) in [5, 5.41) is 13.6. The van der Waals surface area contributed by atoms with Crippen molar-refractivity contribution in [3.63, 3.8) is 0 Å². The maximum atomic E-state index is 10.1. The Bertz CT molecular complexity index is 593. The summed E-state index contributed by atoms with van der Waals surface area (Å²) in [6.45, 7) is 6.26. The van der Waals surface area contributed by atoms with Crippen molar-refractivity contribution in [2.45, 2.75) is 32.9 Å². The lowest BCUT2D eigenvalue weighted by Gasteiger charge is -2.22. The molecule has 0 amide bonds. The topological polar surface area (TPSA) is 41.5 Å². The molecular weight excluding hydrogens is 262 g/mol. The number of benzene rings is 2. The lowest BCUT2D eigenvalue weighted by Crippen LogP contribution is -2.22. The Hall–Kier alpha value is -2.00. The van der Waals surface area contributed by atoms with Gasteiger partial charge in [-0.15, -0.1) is 0 Å². The van der Waals surface area contributed by atoms with E-state index in [1.807, 2.05) is 19.1 Å². The molecule has 0 heterocycles. The van der Waals surface area contributed by atoms with Crippen LogP contribution in [0.2, 0.25) is 0 Å². The Morgan fingerprint density at radius 1 is 1.00 bits per heavy atom. The largest absolute Gasteiger partial charge is 0.507 e. The van der Waals surface area contributed by atoms with E-state index in [-0.39, 0.29) is 17.8 Å². The zero-order valence-electron chi connectivity index (χ0n) is 13.1. The van der Waals surface area contributed by atoms with Crippen LogP contribution < -0.4 is 10.1 Å². The van der Waals surface area contributed by atoms with Gasteiger partial charge in [-0.2, -0.15) is 0 Å². The molecule has 21 heavy (non-hydrogen) atoms. The van der Waals surface area contributed by atoms with Gasteiger partial charge in [-0.05, 0) is 32.4 Å². The second-order valence-corrected chi connectivity index (χ2v) is 5.45. The standard InChI is InChI=1S/C18H23NO2/c1-12-5-7-15(8-6-12)13(2)19-14(3)17-10-9-16(21-4)11-18(17)20/h5-11,13-14,19-20H,1-4H3/t13-,14?/m1/s1. The smallest absolute Gasteiger partial charge is 0.124 e.